The predicted octanol–water partition coefficient (Wildman–Crippen LogP) is 4.11. The van der Waals surface area contributed by atoms with Gasteiger partial charge >= 0.3 is 12.2 Å². The van der Waals surface area contributed by atoms with Crippen LogP contribution in [0.4, 0.5) is 29.3 Å². The number of urea groups is 1. The molecule has 0 unspecified atom stereocenters. The highest BCUT2D eigenvalue weighted by molar-refractivity contribution is 6.34. The molecule has 0 atom stereocenters. The maximum absolute atomic E-state index is 13.7. The van der Waals surface area contributed by atoms with E-state index >= 15 is 0 Å². The predicted molar refractivity (Wildman–Crippen MR) is 112 cm³/mol. The molecule has 4 aromatic rings. The maximum atomic E-state index is 13.7. The fourth-order valence-corrected chi connectivity index (χ4v) is 3.84. The molecule has 0 saturated heterocycles. The number of carbonyl (C=O) groups is 1. The first-order chi connectivity index (χ1) is 15.7. The number of carbonyl (C=O) groups excluding carboxylic acids is 1. The summed E-state index contributed by atoms with van der Waals surface area (Å²) < 4.78 is 43.7. The Morgan fingerprint density at radius 3 is 2.70 bits per heavy atom. The summed E-state index contributed by atoms with van der Waals surface area (Å²) in [6.45, 7) is 0. The number of hydrogen-bond donors (Lipinski definition) is 2. The zero-order chi connectivity index (χ0) is 23.3. The van der Waals surface area contributed by atoms with E-state index < -0.39 is 23.5 Å². The minimum absolute atomic E-state index is 0.151. The first-order valence-corrected chi connectivity index (χ1v) is 10.1. The van der Waals surface area contributed by atoms with Crippen molar-refractivity contribution in [1.29, 1.82) is 0 Å². The Bertz CT molecular complexity index is 1380. The van der Waals surface area contributed by atoms with Crippen LogP contribution in [0, 0.1) is 0 Å². The lowest BCUT2D eigenvalue weighted by Gasteiger charge is -2.15. The first-order valence-electron chi connectivity index (χ1n) is 9.76. The molecule has 14 heteroatoms. The Hall–Kier alpha value is -3.74. The second kappa shape index (κ2) is 7.69. The average Bonchev–Trinajstić information content (AvgIpc) is 3.40. The normalized spacial score (nSPS) is 14.0. The van der Waals surface area contributed by atoms with Crippen LogP contribution in [0.1, 0.15) is 29.9 Å². The van der Waals surface area contributed by atoms with E-state index in [1.165, 1.54) is 13.2 Å². The molecule has 5 rings (SSSR count). The van der Waals surface area contributed by atoms with Crippen molar-refractivity contribution >= 4 is 34.5 Å². The quantitative estimate of drug-likeness (QED) is 0.457. The Kier molecular flexibility index (Phi) is 4.92. The third-order valence-corrected chi connectivity index (χ3v) is 5.50. The van der Waals surface area contributed by atoms with E-state index in [1.807, 2.05) is 0 Å². The number of aryl methyl sites for hydroxylation is 1. The van der Waals surface area contributed by atoms with Crippen LogP contribution < -0.4 is 10.6 Å². The van der Waals surface area contributed by atoms with Crippen LogP contribution in [-0.4, -0.2) is 40.8 Å². The van der Waals surface area contributed by atoms with Gasteiger partial charge in [-0.3, -0.25) is 4.98 Å². The van der Waals surface area contributed by atoms with Gasteiger partial charge in [0.05, 0.1) is 39.9 Å². The highest BCUT2D eigenvalue weighted by atomic mass is 35.5. The van der Waals surface area contributed by atoms with Crippen molar-refractivity contribution in [3.05, 3.63) is 46.9 Å². The Balaban J connectivity index is 1.44. The van der Waals surface area contributed by atoms with E-state index in [0.29, 0.717) is 16.2 Å². The van der Waals surface area contributed by atoms with Crippen molar-refractivity contribution in [2.24, 2.45) is 7.05 Å². The molecule has 1 aliphatic rings. The lowest BCUT2D eigenvalue weighted by molar-refractivity contribution is -0.137. The molecular formula is C19H15ClF3N9O. The van der Waals surface area contributed by atoms with Crippen molar-refractivity contribution < 1.29 is 18.0 Å². The lowest BCUT2D eigenvalue weighted by atomic mass is 10.1. The molecule has 0 radical (unpaired) electrons. The maximum Gasteiger partial charge on any atom is 0.418 e. The van der Waals surface area contributed by atoms with Crippen molar-refractivity contribution in [1.82, 2.24) is 34.8 Å². The smallest absolute Gasteiger partial charge is 0.306 e. The molecular weight excluding hydrogens is 463 g/mol. The van der Waals surface area contributed by atoms with E-state index in [2.05, 4.69) is 36.2 Å². The van der Waals surface area contributed by atoms with Crippen molar-refractivity contribution in [2.75, 3.05) is 10.6 Å². The molecule has 33 heavy (non-hydrogen) atoms. The van der Waals surface area contributed by atoms with Crippen LogP contribution in [0.3, 0.4) is 0 Å². The zero-order valence-electron chi connectivity index (χ0n) is 16.9. The second-order valence-corrected chi connectivity index (χ2v) is 7.93. The topological polar surface area (TPSA) is 115 Å². The number of nitrogens with one attached hydrogen (secondary N) is 2. The molecule has 0 aromatic carbocycles. The number of tetrazole rings is 1. The van der Waals surface area contributed by atoms with Crippen LogP contribution in [-0.2, 0) is 13.2 Å². The van der Waals surface area contributed by atoms with Gasteiger partial charge in [0.25, 0.3) is 0 Å². The number of halogens is 4. The van der Waals surface area contributed by atoms with E-state index in [1.54, 1.807) is 16.8 Å². The summed E-state index contributed by atoms with van der Waals surface area (Å²) in [5.41, 5.74) is 0.291. The molecule has 170 valence electrons. The molecule has 0 bridgehead atoms. The van der Waals surface area contributed by atoms with Gasteiger partial charge in [-0.2, -0.15) is 18.3 Å². The highest BCUT2D eigenvalue weighted by Gasteiger charge is 2.36. The van der Waals surface area contributed by atoms with E-state index in [-0.39, 0.29) is 17.4 Å². The van der Waals surface area contributed by atoms with Gasteiger partial charge in [0.2, 0.25) is 5.82 Å². The van der Waals surface area contributed by atoms with Crippen LogP contribution >= 0.6 is 11.6 Å². The summed E-state index contributed by atoms with van der Waals surface area (Å²) in [5, 5.41) is 20.3. The van der Waals surface area contributed by atoms with Gasteiger partial charge in [0.1, 0.15) is 5.69 Å². The third-order valence-electron chi connectivity index (χ3n) is 5.19. The number of nitrogens with zero attached hydrogens (tertiary/aromatic N) is 7. The Morgan fingerprint density at radius 2 is 2.03 bits per heavy atom. The molecule has 1 saturated carbocycles. The monoisotopic (exact) mass is 477 g/mol. The molecule has 10 nitrogen and oxygen atoms in total. The lowest BCUT2D eigenvalue weighted by Crippen LogP contribution is -2.21. The first kappa shape index (κ1) is 21.1. The van der Waals surface area contributed by atoms with Crippen LogP contribution in [0.15, 0.2) is 30.7 Å². The summed E-state index contributed by atoms with van der Waals surface area (Å²) in [6, 6.07) is 1.75. The van der Waals surface area contributed by atoms with Gasteiger partial charge in [0, 0.05) is 18.8 Å². The van der Waals surface area contributed by atoms with Crippen LogP contribution in [0.5, 0.6) is 0 Å². The van der Waals surface area contributed by atoms with Crippen molar-refractivity contribution in [3.8, 4) is 11.5 Å². The SMILES string of the molecule is Cn1nnnc1-c1ncc(NC(=O)Nc2cnn3ccc(Cl)c3c2C2CC2)cc1C(F)(F)F. The number of pyridine rings is 1. The summed E-state index contributed by atoms with van der Waals surface area (Å²) in [4.78, 5) is 16.5. The van der Waals surface area contributed by atoms with E-state index in [0.717, 1.165) is 35.4 Å². The largest absolute Gasteiger partial charge is 0.418 e. The molecule has 4 aromatic heterocycles. The molecule has 1 fully saturated rings. The minimum atomic E-state index is -4.75. The number of fused-ring (bicyclic) bond motifs is 1. The number of alkyl halides is 3. The zero-order valence-corrected chi connectivity index (χ0v) is 17.7. The van der Waals surface area contributed by atoms with E-state index in [4.69, 9.17) is 11.6 Å². The fourth-order valence-electron chi connectivity index (χ4n) is 3.59. The van der Waals surface area contributed by atoms with Gasteiger partial charge in [-0.1, -0.05) is 11.6 Å². The van der Waals surface area contributed by atoms with Crippen molar-refractivity contribution in [2.45, 2.75) is 24.9 Å². The number of amides is 2. The minimum Gasteiger partial charge on any atom is -0.306 e. The summed E-state index contributed by atoms with van der Waals surface area (Å²) >= 11 is 6.30. The summed E-state index contributed by atoms with van der Waals surface area (Å²) in [7, 11) is 1.40. The molecule has 1 aliphatic carbocycles. The Labute approximate surface area is 188 Å². The molecule has 0 aliphatic heterocycles. The molecule has 4 heterocycles. The molecule has 2 amide bonds. The van der Waals surface area contributed by atoms with Crippen LogP contribution in [0.25, 0.3) is 17.0 Å². The molecule has 2 N–H and O–H groups in total. The van der Waals surface area contributed by atoms with E-state index in [9.17, 15) is 18.0 Å². The number of rotatable bonds is 4. The summed E-state index contributed by atoms with van der Waals surface area (Å²) in [5.74, 6) is 0.0619. The van der Waals surface area contributed by atoms with Gasteiger partial charge in [-0.15, -0.1) is 5.10 Å². The Morgan fingerprint density at radius 1 is 1.24 bits per heavy atom. The number of anilines is 2. The van der Waals surface area contributed by atoms with Crippen LogP contribution in [0.2, 0.25) is 5.02 Å². The third kappa shape index (κ3) is 3.95. The fraction of sp³-hybridized carbons (Fsp3) is 0.263. The van der Waals surface area contributed by atoms with Crippen molar-refractivity contribution in [3.63, 3.8) is 0 Å². The second-order valence-electron chi connectivity index (χ2n) is 7.53. The van der Waals surface area contributed by atoms with Gasteiger partial charge in [-0.25, -0.2) is 14.0 Å². The highest BCUT2D eigenvalue weighted by Crippen LogP contribution is 2.46. The number of aromatic nitrogens is 7. The van der Waals surface area contributed by atoms with Gasteiger partial charge in [-0.05, 0) is 41.3 Å². The molecule has 0 spiro atoms. The summed E-state index contributed by atoms with van der Waals surface area (Å²) in [6.07, 6.45) is 1.43. The standard InChI is InChI=1S/C19H15ClF3N9O/c1-31-17(28-29-30-31)15-11(19(21,22)23)6-10(7-24-15)26-18(33)27-13-8-25-32-5-4-12(20)16(32)14(13)9-2-3-9/h4-9H,2-3H2,1H3,(H2,26,27,33). The van der Waals surface area contributed by atoms with Gasteiger partial charge < -0.3 is 10.6 Å². The number of hydrogen-bond acceptors (Lipinski definition) is 6. The van der Waals surface area contributed by atoms with Gasteiger partial charge in [0.15, 0.2) is 0 Å². The average molecular weight is 478 g/mol.